The predicted octanol–water partition coefficient (Wildman–Crippen LogP) is 4.59. The average molecular weight is 318 g/mol. The number of aryl methyl sites for hydroxylation is 1. The number of fused-ring (bicyclic) bond motifs is 3. The van der Waals surface area contributed by atoms with E-state index in [4.69, 9.17) is 10.00 Å². The van der Waals surface area contributed by atoms with E-state index in [9.17, 15) is 0 Å². The van der Waals surface area contributed by atoms with Gasteiger partial charge in [-0.15, -0.1) is 11.3 Å². The third-order valence-electron chi connectivity index (χ3n) is 3.97. The standard InChI is InChI=1S/C19H14N2OS/c1-12-8-14(4-6-21-12)18-10-15-5-7-22-17-9-13(11-20)2-3-16(17)19(15)23-18/h2-4,6,8-10H,5,7H2,1H3. The van der Waals surface area contributed by atoms with Crippen molar-refractivity contribution in [3.05, 3.63) is 59.4 Å². The van der Waals surface area contributed by atoms with Gasteiger partial charge >= 0.3 is 0 Å². The Bertz CT molecular complexity index is 937. The van der Waals surface area contributed by atoms with E-state index in [-0.39, 0.29) is 0 Å². The van der Waals surface area contributed by atoms with Crippen LogP contribution in [0.5, 0.6) is 5.75 Å². The molecule has 0 saturated carbocycles. The van der Waals surface area contributed by atoms with Gasteiger partial charge in [0.1, 0.15) is 5.75 Å². The van der Waals surface area contributed by atoms with Crippen molar-refractivity contribution in [2.24, 2.45) is 0 Å². The van der Waals surface area contributed by atoms with Crippen LogP contribution in [0.15, 0.2) is 42.6 Å². The number of rotatable bonds is 1. The number of pyridine rings is 1. The zero-order valence-electron chi connectivity index (χ0n) is 12.7. The third-order valence-corrected chi connectivity index (χ3v) is 5.23. The Kier molecular flexibility index (Phi) is 3.36. The van der Waals surface area contributed by atoms with Crippen LogP contribution in [-0.4, -0.2) is 11.6 Å². The lowest BCUT2D eigenvalue weighted by atomic mass is 10.1. The van der Waals surface area contributed by atoms with Crippen LogP contribution in [0.25, 0.3) is 20.9 Å². The van der Waals surface area contributed by atoms with Crippen molar-refractivity contribution in [2.75, 3.05) is 6.61 Å². The number of hydrogen-bond donors (Lipinski definition) is 0. The summed E-state index contributed by atoms with van der Waals surface area (Å²) in [5, 5.41) is 9.07. The summed E-state index contributed by atoms with van der Waals surface area (Å²) < 4.78 is 5.84. The molecule has 1 aliphatic heterocycles. The van der Waals surface area contributed by atoms with Gasteiger partial charge in [-0.1, -0.05) is 0 Å². The molecule has 3 heterocycles. The van der Waals surface area contributed by atoms with Crippen molar-refractivity contribution in [3.63, 3.8) is 0 Å². The Morgan fingerprint density at radius 2 is 2.13 bits per heavy atom. The van der Waals surface area contributed by atoms with Crippen LogP contribution >= 0.6 is 11.3 Å². The molecule has 3 aromatic rings. The Hall–Kier alpha value is -2.64. The van der Waals surface area contributed by atoms with Gasteiger partial charge in [-0.3, -0.25) is 4.98 Å². The lowest BCUT2D eigenvalue weighted by Crippen LogP contribution is -1.98. The topological polar surface area (TPSA) is 45.9 Å². The second-order valence-corrected chi connectivity index (χ2v) is 6.62. The molecular weight excluding hydrogens is 304 g/mol. The highest BCUT2D eigenvalue weighted by Crippen LogP contribution is 2.43. The fourth-order valence-electron chi connectivity index (χ4n) is 2.85. The molecule has 0 fully saturated rings. The van der Waals surface area contributed by atoms with Gasteiger partial charge in [-0.2, -0.15) is 5.26 Å². The molecule has 23 heavy (non-hydrogen) atoms. The van der Waals surface area contributed by atoms with Gasteiger partial charge in [0.2, 0.25) is 0 Å². The molecule has 0 saturated heterocycles. The predicted molar refractivity (Wildman–Crippen MR) is 91.6 cm³/mol. The molecule has 1 aliphatic rings. The van der Waals surface area contributed by atoms with Gasteiger partial charge in [-0.25, -0.2) is 0 Å². The van der Waals surface area contributed by atoms with Crippen molar-refractivity contribution in [1.29, 1.82) is 5.26 Å². The van der Waals surface area contributed by atoms with Crippen LogP contribution in [0.3, 0.4) is 0 Å². The first-order valence-corrected chi connectivity index (χ1v) is 8.29. The van der Waals surface area contributed by atoms with E-state index >= 15 is 0 Å². The number of thiophene rings is 1. The maximum atomic E-state index is 9.07. The van der Waals surface area contributed by atoms with Crippen LogP contribution in [0.2, 0.25) is 0 Å². The van der Waals surface area contributed by atoms with Crippen molar-refractivity contribution >= 4 is 11.3 Å². The summed E-state index contributed by atoms with van der Waals surface area (Å²) in [6, 6.07) is 14.3. The molecule has 0 amide bonds. The minimum absolute atomic E-state index is 0.633. The quantitative estimate of drug-likeness (QED) is 0.659. The van der Waals surface area contributed by atoms with Crippen LogP contribution < -0.4 is 4.74 Å². The fraction of sp³-hybridized carbons (Fsp3) is 0.158. The molecule has 0 aliphatic carbocycles. The first-order valence-electron chi connectivity index (χ1n) is 7.47. The second-order valence-electron chi connectivity index (χ2n) is 5.57. The first-order chi connectivity index (χ1) is 11.2. The minimum Gasteiger partial charge on any atom is -0.493 e. The Morgan fingerprint density at radius 1 is 1.22 bits per heavy atom. The molecule has 0 spiro atoms. The van der Waals surface area contributed by atoms with E-state index in [2.05, 4.69) is 23.2 Å². The molecule has 0 unspecified atom stereocenters. The van der Waals surface area contributed by atoms with Crippen molar-refractivity contribution in [3.8, 4) is 32.7 Å². The highest BCUT2D eigenvalue weighted by molar-refractivity contribution is 7.19. The Balaban J connectivity index is 1.86. The molecule has 112 valence electrons. The molecular formula is C19H14N2OS. The summed E-state index contributed by atoms with van der Waals surface area (Å²) in [5.41, 5.74) is 5.25. The van der Waals surface area contributed by atoms with Gasteiger partial charge in [-0.05, 0) is 54.4 Å². The summed E-state index contributed by atoms with van der Waals surface area (Å²) in [7, 11) is 0. The smallest absolute Gasteiger partial charge is 0.129 e. The molecule has 1 aromatic carbocycles. The monoisotopic (exact) mass is 318 g/mol. The zero-order chi connectivity index (χ0) is 15.8. The molecule has 0 atom stereocenters. The molecule has 2 aromatic heterocycles. The number of aromatic nitrogens is 1. The lowest BCUT2D eigenvalue weighted by Gasteiger charge is -2.07. The first kappa shape index (κ1) is 14.0. The van der Waals surface area contributed by atoms with Crippen molar-refractivity contribution in [2.45, 2.75) is 13.3 Å². The minimum atomic E-state index is 0.633. The molecule has 0 radical (unpaired) electrons. The largest absolute Gasteiger partial charge is 0.493 e. The van der Waals surface area contributed by atoms with E-state index in [1.807, 2.05) is 37.4 Å². The molecule has 0 bridgehead atoms. The van der Waals surface area contributed by atoms with Gasteiger partial charge < -0.3 is 4.74 Å². The molecule has 0 N–H and O–H groups in total. The summed E-state index contributed by atoms with van der Waals surface area (Å²) in [6.07, 6.45) is 2.73. The maximum Gasteiger partial charge on any atom is 0.129 e. The number of hydrogen-bond acceptors (Lipinski definition) is 4. The molecule has 3 nitrogen and oxygen atoms in total. The van der Waals surface area contributed by atoms with Crippen molar-refractivity contribution < 1.29 is 4.74 Å². The van der Waals surface area contributed by atoms with E-state index in [1.54, 1.807) is 11.3 Å². The summed E-state index contributed by atoms with van der Waals surface area (Å²) in [4.78, 5) is 6.76. The van der Waals surface area contributed by atoms with Gasteiger partial charge in [0.15, 0.2) is 0 Å². The highest BCUT2D eigenvalue weighted by Gasteiger charge is 2.19. The van der Waals surface area contributed by atoms with Crippen molar-refractivity contribution in [1.82, 2.24) is 4.98 Å². The third kappa shape index (κ3) is 2.49. The Labute approximate surface area is 138 Å². The van der Waals surface area contributed by atoms with Gasteiger partial charge in [0.05, 0.1) is 18.2 Å². The summed E-state index contributed by atoms with van der Waals surface area (Å²) in [6.45, 7) is 2.65. The normalized spacial score (nSPS) is 12.5. The summed E-state index contributed by atoms with van der Waals surface area (Å²) >= 11 is 1.78. The highest BCUT2D eigenvalue weighted by atomic mass is 32.1. The number of ether oxygens (including phenoxy) is 1. The SMILES string of the molecule is Cc1cc(-c2cc3c(s2)-c2ccc(C#N)cc2OCC3)ccn1. The van der Waals surface area contributed by atoms with Crippen LogP contribution in [-0.2, 0) is 6.42 Å². The van der Waals surface area contributed by atoms with E-state index in [0.717, 1.165) is 23.4 Å². The van der Waals surface area contributed by atoms with E-state index in [0.29, 0.717) is 12.2 Å². The van der Waals surface area contributed by atoms with Crippen LogP contribution in [0.1, 0.15) is 16.8 Å². The molecule has 4 rings (SSSR count). The average Bonchev–Trinajstić information content (AvgIpc) is 2.91. The lowest BCUT2D eigenvalue weighted by molar-refractivity contribution is 0.326. The van der Waals surface area contributed by atoms with Crippen LogP contribution in [0, 0.1) is 18.3 Å². The van der Waals surface area contributed by atoms with E-state index in [1.165, 1.54) is 20.9 Å². The van der Waals surface area contributed by atoms with E-state index < -0.39 is 0 Å². The maximum absolute atomic E-state index is 9.07. The summed E-state index contributed by atoms with van der Waals surface area (Å²) in [5.74, 6) is 0.808. The number of nitriles is 1. The van der Waals surface area contributed by atoms with Crippen LogP contribution in [0.4, 0.5) is 0 Å². The van der Waals surface area contributed by atoms with Gasteiger partial charge in [0, 0.05) is 33.6 Å². The van der Waals surface area contributed by atoms with Gasteiger partial charge in [0.25, 0.3) is 0 Å². The Morgan fingerprint density at radius 3 is 2.96 bits per heavy atom. The second kappa shape index (κ2) is 5.53. The zero-order valence-corrected chi connectivity index (χ0v) is 13.5. The molecule has 4 heteroatoms. The number of nitrogens with zero attached hydrogens (tertiary/aromatic N) is 2. The number of benzene rings is 1. The fourth-order valence-corrected chi connectivity index (χ4v) is 4.09.